The molecular formula is C17H20ClNO. The molecular weight excluding hydrogens is 270 g/mol. The molecule has 2 unspecified atom stereocenters. The predicted molar refractivity (Wildman–Crippen MR) is 84.1 cm³/mol. The molecule has 0 spiro atoms. The highest BCUT2D eigenvalue weighted by Crippen LogP contribution is 2.33. The molecule has 2 aromatic rings. The molecule has 0 amide bonds. The van der Waals surface area contributed by atoms with Gasteiger partial charge >= 0.3 is 0 Å². The van der Waals surface area contributed by atoms with Crippen molar-refractivity contribution >= 4 is 11.6 Å². The van der Waals surface area contributed by atoms with Crippen molar-refractivity contribution in [1.82, 2.24) is 0 Å². The van der Waals surface area contributed by atoms with Crippen molar-refractivity contribution in [3.63, 3.8) is 0 Å². The van der Waals surface area contributed by atoms with Gasteiger partial charge in [-0.2, -0.15) is 0 Å². The third kappa shape index (κ3) is 3.04. The first-order valence-electron chi connectivity index (χ1n) is 6.74. The van der Waals surface area contributed by atoms with Crippen LogP contribution in [0.2, 0.25) is 5.02 Å². The summed E-state index contributed by atoms with van der Waals surface area (Å²) in [6, 6.07) is 13.5. The normalized spacial score (nSPS) is 14.1. The lowest BCUT2D eigenvalue weighted by atomic mass is 9.86. The maximum absolute atomic E-state index is 10.7. The number of aliphatic hydroxyl groups excluding tert-OH is 1. The van der Waals surface area contributed by atoms with Gasteiger partial charge in [-0.3, -0.25) is 0 Å². The SMILES string of the molecule is Cc1cccc(C(O)C(CN)c2ccc(Cl)cc2)c1C. The zero-order valence-electron chi connectivity index (χ0n) is 11.8. The van der Waals surface area contributed by atoms with Crippen LogP contribution < -0.4 is 5.73 Å². The Hall–Kier alpha value is -1.35. The first-order chi connectivity index (χ1) is 9.54. The largest absolute Gasteiger partial charge is 0.388 e. The third-order valence-corrected chi connectivity index (χ3v) is 4.15. The van der Waals surface area contributed by atoms with Crippen LogP contribution in [0.5, 0.6) is 0 Å². The van der Waals surface area contributed by atoms with E-state index >= 15 is 0 Å². The van der Waals surface area contributed by atoms with Crippen molar-refractivity contribution < 1.29 is 5.11 Å². The minimum absolute atomic E-state index is 0.132. The number of rotatable bonds is 4. The summed E-state index contributed by atoms with van der Waals surface area (Å²) in [4.78, 5) is 0. The summed E-state index contributed by atoms with van der Waals surface area (Å²) in [6.07, 6.45) is -0.610. The maximum atomic E-state index is 10.7. The second-order valence-electron chi connectivity index (χ2n) is 5.13. The lowest BCUT2D eigenvalue weighted by Crippen LogP contribution is -2.21. The Bertz CT molecular complexity index is 580. The second kappa shape index (κ2) is 6.40. The van der Waals surface area contributed by atoms with Crippen LogP contribution in [0.1, 0.15) is 34.3 Å². The van der Waals surface area contributed by atoms with Crippen molar-refractivity contribution in [1.29, 1.82) is 0 Å². The average molecular weight is 290 g/mol. The van der Waals surface area contributed by atoms with Gasteiger partial charge in [0.25, 0.3) is 0 Å². The molecule has 0 radical (unpaired) electrons. The quantitative estimate of drug-likeness (QED) is 0.901. The molecule has 0 aliphatic carbocycles. The van der Waals surface area contributed by atoms with E-state index in [1.165, 1.54) is 5.56 Å². The molecule has 0 aromatic heterocycles. The van der Waals surface area contributed by atoms with Crippen molar-refractivity contribution in [3.8, 4) is 0 Å². The molecule has 0 fully saturated rings. The maximum Gasteiger partial charge on any atom is 0.0873 e. The number of nitrogens with two attached hydrogens (primary N) is 1. The lowest BCUT2D eigenvalue weighted by molar-refractivity contribution is 0.146. The van der Waals surface area contributed by atoms with Crippen LogP contribution in [0.25, 0.3) is 0 Å². The highest BCUT2D eigenvalue weighted by atomic mass is 35.5. The van der Waals surface area contributed by atoms with Crippen LogP contribution in [0.15, 0.2) is 42.5 Å². The van der Waals surface area contributed by atoms with Crippen molar-refractivity contribution in [2.75, 3.05) is 6.54 Å². The standard InChI is InChI=1S/C17H20ClNO/c1-11-4-3-5-15(12(11)2)17(20)16(10-19)13-6-8-14(18)9-7-13/h3-9,16-17,20H,10,19H2,1-2H3. The fraction of sp³-hybridized carbons (Fsp3) is 0.294. The van der Waals surface area contributed by atoms with Gasteiger partial charge in [0.15, 0.2) is 0 Å². The molecule has 0 aliphatic rings. The minimum atomic E-state index is -0.610. The Morgan fingerprint density at radius 3 is 2.35 bits per heavy atom. The van der Waals surface area contributed by atoms with Crippen LogP contribution >= 0.6 is 11.6 Å². The summed E-state index contributed by atoms with van der Waals surface area (Å²) < 4.78 is 0. The molecule has 3 heteroatoms. The van der Waals surface area contributed by atoms with E-state index in [9.17, 15) is 5.11 Å². The number of hydrogen-bond acceptors (Lipinski definition) is 2. The molecule has 106 valence electrons. The Balaban J connectivity index is 2.36. The zero-order chi connectivity index (χ0) is 14.7. The van der Waals surface area contributed by atoms with E-state index < -0.39 is 6.10 Å². The molecule has 0 saturated heterocycles. The summed E-state index contributed by atoms with van der Waals surface area (Å²) >= 11 is 5.91. The van der Waals surface area contributed by atoms with Gasteiger partial charge in [0, 0.05) is 17.5 Å². The first kappa shape index (κ1) is 15.0. The number of aliphatic hydroxyl groups is 1. The monoisotopic (exact) mass is 289 g/mol. The van der Waals surface area contributed by atoms with E-state index in [1.807, 2.05) is 56.3 Å². The lowest BCUT2D eigenvalue weighted by Gasteiger charge is -2.24. The predicted octanol–water partition coefficient (Wildman–Crippen LogP) is 3.73. The van der Waals surface area contributed by atoms with Crippen LogP contribution in [-0.4, -0.2) is 11.7 Å². The highest BCUT2D eigenvalue weighted by molar-refractivity contribution is 6.30. The Labute approximate surface area is 125 Å². The van der Waals surface area contributed by atoms with Crippen molar-refractivity contribution in [2.45, 2.75) is 25.9 Å². The fourth-order valence-electron chi connectivity index (χ4n) is 2.47. The zero-order valence-corrected chi connectivity index (χ0v) is 12.6. The van der Waals surface area contributed by atoms with E-state index in [-0.39, 0.29) is 5.92 Å². The smallest absolute Gasteiger partial charge is 0.0873 e. The second-order valence-corrected chi connectivity index (χ2v) is 5.56. The van der Waals surface area contributed by atoms with Gasteiger partial charge in [-0.25, -0.2) is 0 Å². The molecule has 2 rings (SSSR count). The molecule has 0 bridgehead atoms. The molecule has 2 aromatic carbocycles. The van der Waals surface area contributed by atoms with Gasteiger partial charge in [0.2, 0.25) is 0 Å². The van der Waals surface area contributed by atoms with E-state index in [2.05, 4.69) is 0 Å². The van der Waals surface area contributed by atoms with Crippen molar-refractivity contribution in [2.24, 2.45) is 5.73 Å². The van der Waals surface area contributed by atoms with E-state index in [0.717, 1.165) is 16.7 Å². The summed E-state index contributed by atoms with van der Waals surface area (Å²) in [5, 5.41) is 11.4. The fourth-order valence-corrected chi connectivity index (χ4v) is 2.59. The molecule has 2 nitrogen and oxygen atoms in total. The molecule has 0 saturated carbocycles. The molecule has 20 heavy (non-hydrogen) atoms. The van der Waals surface area contributed by atoms with Crippen LogP contribution in [0, 0.1) is 13.8 Å². The highest BCUT2D eigenvalue weighted by Gasteiger charge is 2.23. The first-order valence-corrected chi connectivity index (χ1v) is 7.12. The van der Waals surface area contributed by atoms with Gasteiger partial charge < -0.3 is 10.8 Å². The van der Waals surface area contributed by atoms with Gasteiger partial charge in [-0.1, -0.05) is 41.9 Å². The topological polar surface area (TPSA) is 46.2 Å². The number of aryl methyl sites for hydroxylation is 1. The summed E-state index contributed by atoms with van der Waals surface area (Å²) in [7, 11) is 0. The molecule has 3 N–H and O–H groups in total. The molecule has 2 atom stereocenters. The van der Waals surface area contributed by atoms with Gasteiger partial charge in [-0.15, -0.1) is 0 Å². The Kier molecular flexibility index (Phi) is 4.81. The number of halogens is 1. The summed E-state index contributed by atoms with van der Waals surface area (Å²) in [6.45, 7) is 4.46. The van der Waals surface area contributed by atoms with Gasteiger partial charge in [-0.05, 0) is 48.2 Å². The summed E-state index contributed by atoms with van der Waals surface area (Å²) in [5.41, 5.74) is 10.1. The van der Waals surface area contributed by atoms with Gasteiger partial charge in [0.1, 0.15) is 0 Å². The van der Waals surface area contributed by atoms with E-state index in [1.54, 1.807) is 0 Å². The third-order valence-electron chi connectivity index (χ3n) is 3.90. The van der Waals surface area contributed by atoms with Crippen LogP contribution in [0.4, 0.5) is 0 Å². The van der Waals surface area contributed by atoms with Crippen LogP contribution in [-0.2, 0) is 0 Å². The summed E-state index contributed by atoms with van der Waals surface area (Å²) in [5.74, 6) is -0.132. The van der Waals surface area contributed by atoms with Gasteiger partial charge in [0.05, 0.1) is 6.10 Å². The Morgan fingerprint density at radius 1 is 1.10 bits per heavy atom. The van der Waals surface area contributed by atoms with Crippen molar-refractivity contribution in [3.05, 3.63) is 69.7 Å². The number of hydrogen-bond donors (Lipinski definition) is 2. The average Bonchev–Trinajstić information content (AvgIpc) is 2.44. The Morgan fingerprint density at radius 2 is 1.75 bits per heavy atom. The van der Waals surface area contributed by atoms with Crippen LogP contribution in [0.3, 0.4) is 0 Å². The van der Waals surface area contributed by atoms with E-state index in [4.69, 9.17) is 17.3 Å². The minimum Gasteiger partial charge on any atom is -0.388 e. The number of benzene rings is 2. The van der Waals surface area contributed by atoms with E-state index in [0.29, 0.717) is 11.6 Å². The molecule has 0 aliphatic heterocycles. The molecule has 0 heterocycles.